The second-order valence-corrected chi connectivity index (χ2v) is 6.64. The number of amides is 1. The molecular weight excluding hydrogens is 367 g/mol. The predicted molar refractivity (Wildman–Crippen MR) is 88.1 cm³/mol. The number of piperidine rings is 1. The van der Waals surface area contributed by atoms with Gasteiger partial charge in [0.1, 0.15) is 5.82 Å². The Hall–Kier alpha value is -2.36. The van der Waals surface area contributed by atoms with Gasteiger partial charge in [-0.15, -0.1) is 0 Å². The highest BCUT2D eigenvalue weighted by Gasteiger charge is 2.38. The highest BCUT2D eigenvalue weighted by atomic mass is 19.4. The number of hydrogen-bond donors (Lipinski definition) is 1. The van der Waals surface area contributed by atoms with Gasteiger partial charge in [0.2, 0.25) is 5.91 Å². The molecule has 0 unspecified atom stereocenters. The molecule has 0 aliphatic carbocycles. The van der Waals surface area contributed by atoms with Gasteiger partial charge in [0, 0.05) is 25.8 Å². The fraction of sp³-hybridized carbons (Fsp3) is 0.588. The fourth-order valence-electron chi connectivity index (χ4n) is 3.50. The zero-order valence-corrected chi connectivity index (χ0v) is 14.5. The first-order valence-corrected chi connectivity index (χ1v) is 8.67. The molecule has 148 valence electrons. The second-order valence-electron chi connectivity index (χ2n) is 6.64. The molecule has 2 atom stereocenters. The number of carbonyl (C=O) groups is 2. The summed E-state index contributed by atoms with van der Waals surface area (Å²) >= 11 is 0. The van der Waals surface area contributed by atoms with Crippen molar-refractivity contribution in [2.45, 2.75) is 25.1 Å². The Labute approximate surface area is 153 Å². The summed E-state index contributed by atoms with van der Waals surface area (Å²) in [5, 5.41) is 9.06. The van der Waals surface area contributed by atoms with Crippen LogP contribution in [0.5, 0.6) is 0 Å². The minimum Gasteiger partial charge on any atom is -0.479 e. The third-order valence-corrected chi connectivity index (χ3v) is 4.82. The van der Waals surface area contributed by atoms with Crippen LogP contribution in [0.25, 0.3) is 0 Å². The number of aliphatic carboxylic acids is 1. The lowest BCUT2D eigenvalue weighted by molar-refractivity contribution is -0.160. The number of halogens is 3. The van der Waals surface area contributed by atoms with Crippen LogP contribution in [0.3, 0.4) is 0 Å². The summed E-state index contributed by atoms with van der Waals surface area (Å²) in [5.41, 5.74) is -0.824. The number of morpholine rings is 1. The summed E-state index contributed by atoms with van der Waals surface area (Å²) in [7, 11) is 0. The van der Waals surface area contributed by atoms with E-state index < -0.39 is 29.7 Å². The predicted octanol–water partition coefficient (Wildman–Crippen LogP) is 1.63. The number of rotatable bonds is 3. The monoisotopic (exact) mass is 387 g/mol. The van der Waals surface area contributed by atoms with Crippen LogP contribution in [-0.2, 0) is 20.5 Å². The van der Waals surface area contributed by atoms with Crippen LogP contribution in [0.4, 0.5) is 19.0 Å². The number of nitrogens with zero attached hydrogens (tertiary/aromatic N) is 3. The van der Waals surface area contributed by atoms with E-state index in [9.17, 15) is 22.8 Å². The van der Waals surface area contributed by atoms with Gasteiger partial charge in [-0.05, 0) is 25.0 Å². The first-order chi connectivity index (χ1) is 12.8. The average Bonchev–Trinajstić information content (AvgIpc) is 2.67. The lowest BCUT2D eigenvalue weighted by Gasteiger charge is -2.38. The minimum absolute atomic E-state index is 0.0535. The number of anilines is 1. The van der Waals surface area contributed by atoms with Crippen molar-refractivity contribution in [1.82, 2.24) is 9.88 Å². The molecule has 0 saturated carbocycles. The molecule has 2 aliphatic rings. The van der Waals surface area contributed by atoms with E-state index in [-0.39, 0.29) is 38.0 Å². The molecule has 3 rings (SSSR count). The molecule has 10 heteroatoms. The lowest BCUT2D eigenvalue weighted by atomic mass is 9.95. The van der Waals surface area contributed by atoms with Crippen molar-refractivity contribution in [2.75, 3.05) is 37.7 Å². The molecule has 0 radical (unpaired) electrons. The van der Waals surface area contributed by atoms with Crippen LogP contribution >= 0.6 is 0 Å². The Morgan fingerprint density at radius 2 is 2.04 bits per heavy atom. The maximum Gasteiger partial charge on any atom is 0.419 e. The number of pyridine rings is 1. The SMILES string of the molecule is O=C(O)[C@H]1CN(C(=O)[C@@H]2CCCN(c3ncccc3C(F)(F)F)C2)CCO1. The molecule has 2 aliphatic heterocycles. The molecule has 1 aromatic rings. The van der Waals surface area contributed by atoms with Crippen molar-refractivity contribution >= 4 is 17.7 Å². The van der Waals surface area contributed by atoms with Crippen LogP contribution in [0.15, 0.2) is 18.3 Å². The lowest BCUT2D eigenvalue weighted by Crippen LogP contribution is -2.52. The summed E-state index contributed by atoms with van der Waals surface area (Å²) in [5.74, 6) is -2.07. The van der Waals surface area contributed by atoms with Crippen molar-refractivity contribution < 1.29 is 32.6 Å². The first-order valence-electron chi connectivity index (χ1n) is 8.67. The van der Waals surface area contributed by atoms with Gasteiger partial charge in [0.25, 0.3) is 0 Å². The molecule has 3 heterocycles. The summed E-state index contributed by atoms with van der Waals surface area (Å²) in [4.78, 5) is 30.7. The molecule has 0 bridgehead atoms. The van der Waals surface area contributed by atoms with E-state index in [2.05, 4.69) is 4.98 Å². The van der Waals surface area contributed by atoms with Crippen molar-refractivity contribution in [3.8, 4) is 0 Å². The third kappa shape index (κ3) is 4.32. The van der Waals surface area contributed by atoms with Crippen molar-refractivity contribution in [3.05, 3.63) is 23.9 Å². The summed E-state index contributed by atoms with van der Waals surface area (Å²) in [6.45, 7) is 0.842. The molecule has 2 fully saturated rings. The van der Waals surface area contributed by atoms with Crippen LogP contribution in [0, 0.1) is 5.92 Å². The average molecular weight is 387 g/mol. The van der Waals surface area contributed by atoms with Gasteiger partial charge in [-0.2, -0.15) is 13.2 Å². The van der Waals surface area contributed by atoms with E-state index in [0.29, 0.717) is 19.4 Å². The van der Waals surface area contributed by atoms with Gasteiger partial charge in [-0.1, -0.05) is 0 Å². The van der Waals surface area contributed by atoms with Gasteiger partial charge in [0.05, 0.1) is 24.6 Å². The third-order valence-electron chi connectivity index (χ3n) is 4.82. The molecule has 1 amide bonds. The number of aromatic nitrogens is 1. The Bertz CT molecular complexity index is 713. The van der Waals surface area contributed by atoms with E-state index in [1.807, 2.05) is 0 Å². The fourth-order valence-corrected chi connectivity index (χ4v) is 3.50. The number of carbonyl (C=O) groups excluding carboxylic acids is 1. The Balaban J connectivity index is 1.73. The van der Waals surface area contributed by atoms with E-state index in [4.69, 9.17) is 9.84 Å². The summed E-state index contributed by atoms with van der Waals surface area (Å²) < 4.78 is 44.9. The van der Waals surface area contributed by atoms with Gasteiger partial charge in [-0.3, -0.25) is 4.79 Å². The number of carboxylic acids is 1. The van der Waals surface area contributed by atoms with Crippen LogP contribution in [0.2, 0.25) is 0 Å². The topological polar surface area (TPSA) is 83.0 Å². The number of carboxylic acid groups (broad SMARTS) is 1. The maximum absolute atomic E-state index is 13.3. The van der Waals surface area contributed by atoms with Crippen LogP contribution < -0.4 is 4.90 Å². The summed E-state index contributed by atoms with van der Waals surface area (Å²) in [6, 6.07) is 2.21. The largest absolute Gasteiger partial charge is 0.479 e. The molecule has 27 heavy (non-hydrogen) atoms. The minimum atomic E-state index is -4.53. The van der Waals surface area contributed by atoms with Gasteiger partial charge in [0.15, 0.2) is 6.10 Å². The molecular formula is C17H20F3N3O4. The first kappa shape index (κ1) is 19.4. The van der Waals surface area contributed by atoms with Crippen molar-refractivity contribution in [2.24, 2.45) is 5.92 Å². The van der Waals surface area contributed by atoms with Gasteiger partial charge >= 0.3 is 12.1 Å². The van der Waals surface area contributed by atoms with Crippen molar-refractivity contribution in [1.29, 1.82) is 0 Å². The Kier molecular flexibility index (Phi) is 5.54. The zero-order valence-electron chi connectivity index (χ0n) is 14.5. The highest BCUT2D eigenvalue weighted by Crippen LogP contribution is 2.36. The quantitative estimate of drug-likeness (QED) is 0.849. The molecule has 0 aromatic carbocycles. The van der Waals surface area contributed by atoms with E-state index in [1.165, 1.54) is 22.1 Å². The molecule has 7 nitrogen and oxygen atoms in total. The van der Waals surface area contributed by atoms with Crippen LogP contribution in [-0.4, -0.2) is 65.8 Å². The number of hydrogen-bond acceptors (Lipinski definition) is 5. The van der Waals surface area contributed by atoms with Gasteiger partial charge in [-0.25, -0.2) is 9.78 Å². The number of alkyl halides is 3. The highest BCUT2D eigenvalue weighted by molar-refractivity contribution is 5.81. The molecule has 1 N–H and O–H groups in total. The van der Waals surface area contributed by atoms with E-state index in [0.717, 1.165) is 6.07 Å². The van der Waals surface area contributed by atoms with Gasteiger partial charge < -0.3 is 19.6 Å². The standard InChI is InChI=1S/C17H20F3N3O4/c18-17(19,20)12-4-1-5-21-14(12)22-6-2-3-11(9-22)15(24)23-7-8-27-13(10-23)16(25)26/h1,4-5,11,13H,2-3,6-10H2,(H,25,26)/t11-,13-/m1/s1. The second kappa shape index (κ2) is 7.71. The van der Waals surface area contributed by atoms with Crippen molar-refractivity contribution in [3.63, 3.8) is 0 Å². The Morgan fingerprint density at radius 3 is 2.74 bits per heavy atom. The zero-order chi connectivity index (χ0) is 19.6. The molecule has 1 aromatic heterocycles. The maximum atomic E-state index is 13.3. The normalized spacial score (nSPS) is 24.0. The van der Waals surface area contributed by atoms with E-state index in [1.54, 1.807) is 0 Å². The molecule has 0 spiro atoms. The Morgan fingerprint density at radius 1 is 1.26 bits per heavy atom. The summed E-state index contributed by atoms with van der Waals surface area (Å²) in [6.07, 6.45) is -3.21. The smallest absolute Gasteiger partial charge is 0.419 e. The molecule has 2 saturated heterocycles. The van der Waals surface area contributed by atoms with Crippen LogP contribution in [0.1, 0.15) is 18.4 Å². The van der Waals surface area contributed by atoms with E-state index >= 15 is 0 Å². The number of ether oxygens (including phenoxy) is 1.